The van der Waals surface area contributed by atoms with Gasteiger partial charge in [-0.15, -0.1) is 0 Å². The molecule has 1 heterocycles. The van der Waals surface area contributed by atoms with Crippen LogP contribution in [0.3, 0.4) is 0 Å². The van der Waals surface area contributed by atoms with Crippen molar-refractivity contribution in [3.8, 4) is 0 Å². The van der Waals surface area contributed by atoms with Crippen LogP contribution in [-0.2, 0) is 23.7 Å². The van der Waals surface area contributed by atoms with E-state index in [-0.39, 0.29) is 0 Å². The molecule has 0 saturated carbocycles. The lowest BCUT2D eigenvalue weighted by Gasteiger charge is -2.54. The summed E-state index contributed by atoms with van der Waals surface area (Å²) in [5.41, 5.74) is -8.13. The van der Waals surface area contributed by atoms with E-state index in [0.29, 0.717) is 6.92 Å². The van der Waals surface area contributed by atoms with Crippen molar-refractivity contribution in [2.75, 3.05) is 20.0 Å². The Hall–Kier alpha value is -1.61. The molecule has 0 N–H and O–H groups in total. The van der Waals surface area contributed by atoms with Crippen LogP contribution in [0, 0.1) is 5.41 Å². The number of alkyl halides is 10. The first-order valence-corrected chi connectivity index (χ1v) is 8.63. The SMILES string of the molecule is C=C(C)C(=O)OC1(C(F)(F)F)C(F)(F)COC(OCOCC(C)(C)C)(C(F)(F)F)C1(F)F. The van der Waals surface area contributed by atoms with Crippen LogP contribution in [0.15, 0.2) is 12.2 Å². The van der Waals surface area contributed by atoms with E-state index < -0.39 is 72.5 Å². The van der Waals surface area contributed by atoms with Gasteiger partial charge in [0.05, 0.1) is 6.61 Å². The van der Waals surface area contributed by atoms with Crippen molar-refractivity contribution < 1.29 is 67.6 Å². The molecule has 0 spiro atoms. The molecule has 15 heteroatoms. The highest BCUT2D eigenvalue weighted by Gasteiger charge is 2.96. The maximum Gasteiger partial charge on any atom is 0.450 e. The van der Waals surface area contributed by atoms with E-state index in [4.69, 9.17) is 0 Å². The van der Waals surface area contributed by atoms with Crippen LogP contribution >= 0.6 is 0 Å². The van der Waals surface area contributed by atoms with Crippen molar-refractivity contribution in [3.05, 3.63) is 12.2 Å². The molecule has 5 nitrogen and oxygen atoms in total. The predicted molar refractivity (Wildman–Crippen MR) is 85.7 cm³/mol. The number of esters is 1. The molecule has 188 valence electrons. The lowest BCUT2D eigenvalue weighted by Crippen LogP contribution is -2.84. The van der Waals surface area contributed by atoms with E-state index in [1.54, 1.807) is 0 Å². The summed E-state index contributed by atoms with van der Waals surface area (Å²) in [4.78, 5) is 11.6. The van der Waals surface area contributed by atoms with Crippen molar-refractivity contribution >= 4 is 5.97 Å². The van der Waals surface area contributed by atoms with E-state index in [0.717, 1.165) is 0 Å². The topological polar surface area (TPSA) is 54.0 Å². The van der Waals surface area contributed by atoms with Gasteiger partial charge in [0, 0.05) is 5.57 Å². The van der Waals surface area contributed by atoms with Gasteiger partial charge < -0.3 is 18.9 Å². The largest absolute Gasteiger partial charge is 0.450 e. The van der Waals surface area contributed by atoms with Crippen LogP contribution in [0.1, 0.15) is 27.7 Å². The molecule has 2 unspecified atom stereocenters. The van der Waals surface area contributed by atoms with Crippen LogP contribution in [0.4, 0.5) is 43.9 Å². The van der Waals surface area contributed by atoms with Crippen molar-refractivity contribution in [3.63, 3.8) is 0 Å². The summed E-state index contributed by atoms with van der Waals surface area (Å²) in [5.74, 6) is -20.7. The zero-order valence-electron chi connectivity index (χ0n) is 17.1. The van der Waals surface area contributed by atoms with Crippen LogP contribution in [0.5, 0.6) is 0 Å². The van der Waals surface area contributed by atoms with Gasteiger partial charge in [-0.2, -0.15) is 43.9 Å². The molecule has 1 aliphatic rings. The number of hydrogen-bond donors (Lipinski definition) is 0. The Morgan fingerprint density at radius 2 is 1.50 bits per heavy atom. The first-order chi connectivity index (χ1) is 14.0. The number of halogens is 10. The molecule has 0 aromatic carbocycles. The van der Waals surface area contributed by atoms with Gasteiger partial charge in [0.1, 0.15) is 6.61 Å². The predicted octanol–water partition coefficient (Wildman–Crippen LogP) is 5.00. The normalized spacial score (nSPS) is 28.3. The van der Waals surface area contributed by atoms with Crippen molar-refractivity contribution in [1.29, 1.82) is 0 Å². The molecular formula is C17H20F10O5. The van der Waals surface area contributed by atoms with Gasteiger partial charge in [-0.3, -0.25) is 0 Å². The second-order valence-electron chi connectivity index (χ2n) is 8.20. The van der Waals surface area contributed by atoms with Crippen LogP contribution in [-0.4, -0.2) is 61.6 Å². The highest BCUT2D eigenvalue weighted by Crippen LogP contribution is 2.64. The molecule has 0 amide bonds. The third-order valence-corrected chi connectivity index (χ3v) is 4.07. The van der Waals surface area contributed by atoms with Gasteiger partial charge >= 0.3 is 41.6 Å². The van der Waals surface area contributed by atoms with Gasteiger partial charge in [0.25, 0.3) is 0 Å². The number of rotatable bonds is 6. The fourth-order valence-corrected chi connectivity index (χ4v) is 2.60. The summed E-state index contributed by atoms with van der Waals surface area (Å²) in [6, 6.07) is 0. The third-order valence-electron chi connectivity index (χ3n) is 4.07. The minimum absolute atomic E-state index is 0.419. The third kappa shape index (κ3) is 4.55. The summed E-state index contributed by atoms with van der Waals surface area (Å²) in [7, 11) is 0. The first kappa shape index (κ1) is 28.4. The monoisotopic (exact) mass is 494 g/mol. The Balaban J connectivity index is 3.71. The molecule has 1 aliphatic heterocycles. The van der Waals surface area contributed by atoms with E-state index in [1.807, 2.05) is 0 Å². The fraction of sp³-hybridized carbons (Fsp3) is 0.824. The number of carbonyl (C=O) groups excluding carboxylic acids is 1. The lowest BCUT2D eigenvalue weighted by atomic mass is 9.79. The minimum atomic E-state index is -6.93. The Morgan fingerprint density at radius 3 is 1.88 bits per heavy atom. The molecule has 0 bridgehead atoms. The van der Waals surface area contributed by atoms with Gasteiger partial charge in [-0.25, -0.2) is 4.79 Å². The van der Waals surface area contributed by atoms with Crippen LogP contribution < -0.4 is 0 Å². The molecule has 0 aromatic heterocycles. The molecule has 1 fully saturated rings. The molecule has 2 atom stereocenters. The first-order valence-electron chi connectivity index (χ1n) is 8.63. The van der Waals surface area contributed by atoms with Crippen LogP contribution in [0.25, 0.3) is 0 Å². The summed E-state index contributed by atoms with van der Waals surface area (Å²) in [5, 5.41) is 0. The number of hydrogen-bond acceptors (Lipinski definition) is 5. The molecule has 0 radical (unpaired) electrons. The quantitative estimate of drug-likeness (QED) is 0.171. The minimum Gasteiger partial charge on any atom is -0.433 e. The molecule has 0 aliphatic carbocycles. The summed E-state index contributed by atoms with van der Waals surface area (Å²) in [6.45, 7) is 2.86. The van der Waals surface area contributed by atoms with Gasteiger partial charge in [-0.1, -0.05) is 27.4 Å². The second kappa shape index (κ2) is 8.31. The zero-order valence-corrected chi connectivity index (χ0v) is 17.1. The van der Waals surface area contributed by atoms with Gasteiger partial charge in [0.15, 0.2) is 6.79 Å². The molecule has 1 rings (SSSR count). The van der Waals surface area contributed by atoms with Crippen molar-refractivity contribution in [2.24, 2.45) is 5.41 Å². The Morgan fingerprint density at radius 1 is 1.00 bits per heavy atom. The Labute approximate surface area is 175 Å². The molecule has 1 saturated heterocycles. The molecule has 0 aromatic rings. The van der Waals surface area contributed by atoms with E-state index in [1.165, 1.54) is 20.8 Å². The maximum atomic E-state index is 15.1. The maximum absolute atomic E-state index is 15.1. The standard InChI is InChI=1S/C17H20F10O5/c1-9(2)10(28)32-13(16(22,23)24)12(18,19)7-30-15(14(13,20)21,17(25,26)27)31-8-29-6-11(3,4)5/h1,6-8H2,2-5H3. The average Bonchev–Trinajstić information content (AvgIpc) is 2.53. The number of ether oxygens (including phenoxy) is 4. The summed E-state index contributed by atoms with van der Waals surface area (Å²) >= 11 is 0. The average molecular weight is 494 g/mol. The summed E-state index contributed by atoms with van der Waals surface area (Å²) < 4.78 is 156. The van der Waals surface area contributed by atoms with Gasteiger partial charge in [-0.05, 0) is 12.3 Å². The number of carbonyl (C=O) groups is 1. The van der Waals surface area contributed by atoms with Crippen LogP contribution in [0.2, 0.25) is 0 Å². The van der Waals surface area contributed by atoms with E-state index >= 15 is 8.78 Å². The smallest absolute Gasteiger partial charge is 0.433 e. The zero-order chi connectivity index (χ0) is 25.6. The summed E-state index contributed by atoms with van der Waals surface area (Å²) in [6.07, 6.45) is -13.5. The highest BCUT2D eigenvalue weighted by molar-refractivity contribution is 5.87. The lowest BCUT2D eigenvalue weighted by molar-refractivity contribution is -0.539. The Bertz CT molecular complexity index is 725. The highest BCUT2D eigenvalue weighted by atomic mass is 19.4. The van der Waals surface area contributed by atoms with Crippen molar-refractivity contribution in [1.82, 2.24) is 0 Å². The van der Waals surface area contributed by atoms with E-state index in [2.05, 4.69) is 25.5 Å². The molecule has 32 heavy (non-hydrogen) atoms. The van der Waals surface area contributed by atoms with E-state index in [9.17, 15) is 39.9 Å². The molecular weight excluding hydrogens is 474 g/mol. The Kier molecular flexibility index (Phi) is 7.38. The second-order valence-corrected chi connectivity index (χ2v) is 8.20. The van der Waals surface area contributed by atoms with Gasteiger partial charge in [0.2, 0.25) is 0 Å². The fourth-order valence-electron chi connectivity index (χ4n) is 2.60. The van der Waals surface area contributed by atoms with Crippen molar-refractivity contribution in [2.45, 2.75) is 63.3 Å².